The molecule has 0 saturated heterocycles. The Kier molecular flexibility index (Phi) is 8.38. The third kappa shape index (κ3) is 6.44. The van der Waals surface area contributed by atoms with Gasteiger partial charge in [0.25, 0.3) is 0 Å². The molecule has 2 heterocycles. The molecule has 0 amide bonds. The highest BCUT2D eigenvalue weighted by Crippen LogP contribution is 2.30. The topological polar surface area (TPSA) is 85.1 Å². The van der Waals surface area contributed by atoms with Crippen molar-refractivity contribution < 1.29 is 8.83 Å². The second-order valence-corrected chi connectivity index (χ2v) is 12.9. The van der Waals surface area contributed by atoms with E-state index in [1.54, 1.807) is 24.3 Å². The summed E-state index contributed by atoms with van der Waals surface area (Å²) in [4.78, 5) is 32.1. The number of rotatable bonds is 4. The summed E-state index contributed by atoms with van der Waals surface area (Å²) >= 11 is 0. The van der Waals surface area contributed by atoms with Gasteiger partial charge in [0.1, 0.15) is 11.2 Å². The standard InChI is InChI=1S/2C24H15NO2/c2*26-24-12-9-18-14-19(10-11-23(18)27-24)25-15-22-20-7-3-1-5-16(20)13-17-6-2-4-8-21(17)22/h2*1-15H. The predicted molar refractivity (Wildman–Crippen MR) is 222 cm³/mol. The number of aliphatic imine (C=N–C) groups is 2. The summed E-state index contributed by atoms with van der Waals surface area (Å²) in [7, 11) is 0. The zero-order valence-electron chi connectivity index (χ0n) is 28.8. The lowest BCUT2D eigenvalue weighted by Gasteiger charge is -2.08. The van der Waals surface area contributed by atoms with Crippen molar-refractivity contribution in [3.63, 3.8) is 0 Å². The van der Waals surface area contributed by atoms with Gasteiger partial charge in [-0.05, 0) is 104 Å². The van der Waals surface area contributed by atoms with Crippen molar-refractivity contribution in [2.45, 2.75) is 0 Å². The van der Waals surface area contributed by atoms with Crippen LogP contribution in [0.25, 0.3) is 65.0 Å². The Labute approximate surface area is 308 Å². The summed E-state index contributed by atoms with van der Waals surface area (Å²) in [5, 5.41) is 11.2. The maximum Gasteiger partial charge on any atom is 0.336 e. The molecule has 8 aromatic carbocycles. The molecule has 0 aliphatic heterocycles. The van der Waals surface area contributed by atoms with Crippen LogP contribution in [0.5, 0.6) is 0 Å². The second-order valence-electron chi connectivity index (χ2n) is 12.9. The predicted octanol–water partition coefficient (Wildman–Crippen LogP) is 11.7. The molecule has 0 atom stereocenters. The molecule has 0 unspecified atom stereocenters. The number of nitrogens with zero attached hydrogens (tertiary/aromatic N) is 2. The Morgan fingerprint density at radius 2 is 0.704 bits per heavy atom. The zero-order valence-corrected chi connectivity index (χ0v) is 28.8. The molecule has 0 N–H and O–H groups in total. The summed E-state index contributed by atoms with van der Waals surface area (Å²) in [5.74, 6) is 0. The van der Waals surface area contributed by atoms with Gasteiger partial charge in [-0.1, -0.05) is 97.1 Å². The maximum absolute atomic E-state index is 11.3. The molecule has 6 heteroatoms. The minimum Gasteiger partial charge on any atom is -0.423 e. The zero-order chi connectivity index (χ0) is 36.4. The van der Waals surface area contributed by atoms with E-state index in [4.69, 9.17) is 18.8 Å². The van der Waals surface area contributed by atoms with Gasteiger partial charge in [-0.3, -0.25) is 9.98 Å². The van der Waals surface area contributed by atoms with Crippen molar-refractivity contribution in [1.82, 2.24) is 0 Å². The molecule has 10 rings (SSSR count). The van der Waals surface area contributed by atoms with Crippen LogP contribution in [0.2, 0.25) is 0 Å². The van der Waals surface area contributed by atoms with Crippen molar-refractivity contribution in [1.29, 1.82) is 0 Å². The van der Waals surface area contributed by atoms with Gasteiger partial charge in [-0.15, -0.1) is 0 Å². The summed E-state index contributed by atoms with van der Waals surface area (Å²) in [5.41, 5.74) is 4.27. The number of hydrogen-bond donors (Lipinski definition) is 0. The van der Waals surface area contributed by atoms with Gasteiger partial charge in [0.15, 0.2) is 0 Å². The molecule has 2 aromatic heterocycles. The largest absolute Gasteiger partial charge is 0.423 e. The first kappa shape index (κ1) is 32.5. The van der Waals surface area contributed by atoms with Crippen LogP contribution in [0.15, 0.2) is 198 Å². The van der Waals surface area contributed by atoms with Gasteiger partial charge in [0.2, 0.25) is 0 Å². The molecular weight excluding hydrogens is 669 g/mol. The van der Waals surface area contributed by atoms with Crippen molar-refractivity contribution in [3.05, 3.63) is 202 Å². The minimum absolute atomic E-state index is 0.346. The van der Waals surface area contributed by atoms with Crippen LogP contribution in [-0.2, 0) is 0 Å². The highest BCUT2D eigenvalue weighted by molar-refractivity contribution is 6.15. The summed E-state index contributed by atoms with van der Waals surface area (Å²) in [6.07, 6.45) is 3.84. The molecule has 0 aliphatic carbocycles. The highest BCUT2D eigenvalue weighted by Gasteiger charge is 2.08. The highest BCUT2D eigenvalue weighted by atomic mass is 16.4. The van der Waals surface area contributed by atoms with E-state index in [1.807, 2.05) is 61.0 Å². The molecule has 54 heavy (non-hydrogen) atoms. The Bertz CT molecular complexity index is 2900. The van der Waals surface area contributed by atoms with Gasteiger partial charge in [0.05, 0.1) is 11.4 Å². The first-order chi connectivity index (χ1) is 26.6. The van der Waals surface area contributed by atoms with Crippen LogP contribution in [0.1, 0.15) is 11.1 Å². The monoisotopic (exact) mass is 698 g/mol. The Balaban J connectivity index is 0.000000142. The van der Waals surface area contributed by atoms with Crippen molar-refractivity contribution in [2.24, 2.45) is 9.98 Å². The molecular formula is C48H30N2O4. The Morgan fingerprint density at radius 1 is 0.352 bits per heavy atom. The van der Waals surface area contributed by atoms with Gasteiger partial charge in [0, 0.05) is 46.5 Å². The van der Waals surface area contributed by atoms with E-state index in [-0.39, 0.29) is 11.3 Å². The van der Waals surface area contributed by atoms with E-state index in [0.717, 1.165) is 33.3 Å². The van der Waals surface area contributed by atoms with E-state index in [2.05, 4.69) is 84.9 Å². The minimum atomic E-state index is -0.346. The summed E-state index contributed by atoms with van der Waals surface area (Å²) in [6.45, 7) is 0. The SMILES string of the molecule is O=c1ccc2cc(N=Cc3c4ccccc4cc4ccccc34)ccc2o1.O=c1ccc2cc(N=Cc3c4ccccc4cc4ccccc34)ccc2o1. The molecule has 256 valence electrons. The van der Waals surface area contributed by atoms with Crippen LogP contribution in [0.4, 0.5) is 11.4 Å². The summed E-state index contributed by atoms with van der Waals surface area (Å²) < 4.78 is 10.4. The molecule has 0 saturated carbocycles. The normalized spacial score (nSPS) is 11.7. The fourth-order valence-electron chi connectivity index (χ4n) is 6.93. The average Bonchev–Trinajstić information content (AvgIpc) is 3.21. The van der Waals surface area contributed by atoms with Crippen LogP contribution in [0.3, 0.4) is 0 Å². The quantitative estimate of drug-likeness (QED) is 0.104. The lowest BCUT2D eigenvalue weighted by molar-refractivity contribution is 0.561. The average molecular weight is 699 g/mol. The van der Waals surface area contributed by atoms with E-state index < -0.39 is 0 Å². The molecule has 0 radical (unpaired) electrons. The third-order valence-corrected chi connectivity index (χ3v) is 9.52. The number of hydrogen-bond acceptors (Lipinski definition) is 6. The van der Waals surface area contributed by atoms with Crippen LogP contribution in [0, 0.1) is 0 Å². The van der Waals surface area contributed by atoms with E-state index in [1.165, 1.54) is 55.2 Å². The fraction of sp³-hybridized carbons (Fsp3) is 0. The van der Waals surface area contributed by atoms with Gasteiger partial charge in [-0.2, -0.15) is 0 Å². The van der Waals surface area contributed by atoms with Crippen LogP contribution >= 0.6 is 0 Å². The van der Waals surface area contributed by atoms with Gasteiger partial charge < -0.3 is 8.83 Å². The van der Waals surface area contributed by atoms with Crippen LogP contribution < -0.4 is 11.3 Å². The molecule has 0 fully saturated rings. The van der Waals surface area contributed by atoms with Crippen LogP contribution in [-0.4, -0.2) is 12.4 Å². The van der Waals surface area contributed by atoms with E-state index in [9.17, 15) is 9.59 Å². The molecule has 0 aliphatic rings. The molecule has 0 spiro atoms. The maximum atomic E-state index is 11.3. The molecule has 6 nitrogen and oxygen atoms in total. The second kappa shape index (κ2) is 13.9. The first-order valence-electron chi connectivity index (χ1n) is 17.5. The summed E-state index contributed by atoms with van der Waals surface area (Å²) in [6, 6.07) is 55.3. The van der Waals surface area contributed by atoms with E-state index >= 15 is 0 Å². The first-order valence-corrected chi connectivity index (χ1v) is 17.5. The van der Waals surface area contributed by atoms with Crippen molar-refractivity contribution in [3.8, 4) is 0 Å². The van der Waals surface area contributed by atoms with Gasteiger partial charge in [-0.25, -0.2) is 9.59 Å². The number of benzene rings is 8. The molecule has 10 aromatic rings. The lowest BCUT2D eigenvalue weighted by atomic mass is 9.97. The van der Waals surface area contributed by atoms with Crippen molar-refractivity contribution >= 4 is 88.8 Å². The molecule has 0 bridgehead atoms. The smallest absolute Gasteiger partial charge is 0.336 e. The lowest BCUT2D eigenvalue weighted by Crippen LogP contribution is -1.93. The van der Waals surface area contributed by atoms with E-state index in [0.29, 0.717) is 11.2 Å². The Morgan fingerprint density at radius 3 is 1.07 bits per heavy atom. The third-order valence-electron chi connectivity index (χ3n) is 9.52. The van der Waals surface area contributed by atoms with Gasteiger partial charge >= 0.3 is 11.3 Å². The number of fused-ring (bicyclic) bond motifs is 6. The Hall–Kier alpha value is -7.44. The van der Waals surface area contributed by atoms with Crippen molar-refractivity contribution in [2.75, 3.05) is 0 Å². The fourth-order valence-corrected chi connectivity index (χ4v) is 6.93.